The lowest BCUT2D eigenvalue weighted by Crippen LogP contribution is -2.45. The van der Waals surface area contributed by atoms with E-state index in [4.69, 9.17) is 10.5 Å². The van der Waals surface area contributed by atoms with Crippen molar-refractivity contribution in [2.24, 2.45) is 16.1 Å². The predicted octanol–water partition coefficient (Wildman–Crippen LogP) is 2.73. The Labute approximate surface area is 140 Å². The first-order chi connectivity index (χ1) is 10.7. The average Bonchev–Trinajstić information content (AvgIpc) is 2.44. The molecule has 0 aromatic heterocycles. The zero-order chi connectivity index (χ0) is 17.5. The number of unbranched alkanes of at least 4 members (excludes halogenated alkanes) is 1. The topological polar surface area (TPSA) is 80.0 Å². The zero-order valence-electron chi connectivity index (χ0n) is 15.4. The number of rotatable bonds is 5. The fourth-order valence-electron chi connectivity index (χ4n) is 2.44. The van der Waals surface area contributed by atoms with Crippen LogP contribution in [0.15, 0.2) is 4.99 Å². The van der Waals surface area contributed by atoms with Crippen molar-refractivity contribution in [1.82, 2.24) is 10.2 Å². The van der Waals surface area contributed by atoms with Gasteiger partial charge in [0.1, 0.15) is 5.60 Å². The second-order valence-electron chi connectivity index (χ2n) is 7.76. The number of aliphatic imine (C=N–C) groups is 1. The molecule has 6 nitrogen and oxygen atoms in total. The van der Waals surface area contributed by atoms with Crippen LogP contribution in [0.1, 0.15) is 60.3 Å². The molecule has 0 unspecified atom stereocenters. The maximum Gasteiger partial charge on any atom is 0.410 e. The number of nitrogens with one attached hydrogen (secondary N) is 1. The molecule has 1 aliphatic rings. The molecule has 0 aromatic carbocycles. The maximum atomic E-state index is 12.1. The first kappa shape index (κ1) is 19.6. The van der Waals surface area contributed by atoms with E-state index in [2.05, 4.69) is 24.2 Å². The van der Waals surface area contributed by atoms with Crippen LogP contribution in [-0.4, -0.2) is 48.7 Å². The molecule has 0 spiro atoms. The molecule has 134 valence electrons. The number of nitrogens with zero attached hydrogens (tertiary/aromatic N) is 2. The molecule has 1 amide bonds. The average molecular weight is 326 g/mol. The Kier molecular flexibility index (Phi) is 7.16. The Morgan fingerprint density at radius 3 is 2.48 bits per heavy atom. The first-order valence-corrected chi connectivity index (χ1v) is 8.67. The summed E-state index contributed by atoms with van der Waals surface area (Å²) in [5.41, 5.74) is 5.54. The van der Waals surface area contributed by atoms with E-state index in [0.717, 1.165) is 32.2 Å². The lowest BCUT2D eigenvalue weighted by Gasteiger charge is -2.38. The molecule has 23 heavy (non-hydrogen) atoms. The van der Waals surface area contributed by atoms with Crippen molar-refractivity contribution < 1.29 is 9.53 Å². The summed E-state index contributed by atoms with van der Waals surface area (Å²) in [6.07, 6.45) is 3.84. The Morgan fingerprint density at radius 2 is 1.96 bits per heavy atom. The largest absolute Gasteiger partial charge is 0.444 e. The summed E-state index contributed by atoms with van der Waals surface area (Å²) in [5.74, 6) is 0.522. The smallest absolute Gasteiger partial charge is 0.410 e. The summed E-state index contributed by atoms with van der Waals surface area (Å²) in [6.45, 7) is 13.0. The minimum absolute atomic E-state index is 0.0928. The van der Waals surface area contributed by atoms with Crippen molar-refractivity contribution in [2.45, 2.75) is 65.9 Å². The van der Waals surface area contributed by atoms with Crippen LogP contribution in [0.25, 0.3) is 0 Å². The van der Waals surface area contributed by atoms with Gasteiger partial charge in [-0.05, 0) is 45.4 Å². The van der Waals surface area contributed by atoms with E-state index in [1.54, 1.807) is 4.90 Å². The van der Waals surface area contributed by atoms with E-state index in [0.29, 0.717) is 25.6 Å². The molecule has 1 rings (SSSR count). The minimum Gasteiger partial charge on any atom is -0.444 e. The van der Waals surface area contributed by atoms with Gasteiger partial charge in [-0.25, -0.2) is 4.79 Å². The normalized spacial score (nSPS) is 18.7. The highest BCUT2D eigenvalue weighted by atomic mass is 16.6. The van der Waals surface area contributed by atoms with Crippen molar-refractivity contribution in [3.8, 4) is 0 Å². The van der Waals surface area contributed by atoms with Crippen LogP contribution >= 0.6 is 0 Å². The number of amides is 1. The highest BCUT2D eigenvalue weighted by Crippen LogP contribution is 2.31. The number of likely N-dealkylation sites (tertiary alicyclic amines) is 1. The van der Waals surface area contributed by atoms with E-state index >= 15 is 0 Å². The van der Waals surface area contributed by atoms with Gasteiger partial charge in [0, 0.05) is 26.2 Å². The Balaban J connectivity index is 2.41. The molecule has 0 atom stereocenters. The van der Waals surface area contributed by atoms with E-state index in [9.17, 15) is 4.79 Å². The number of hydrogen-bond donors (Lipinski definition) is 2. The van der Waals surface area contributed by atoms with Gasteiger partial charge >= 0.3 is 6.09 Å². The van der Waals surface area contributed by atoms with Gasteiger partial charge in [-0.1, -0.05) is 20.3 Å². The second-order valence-corrected chi connectivity index (χ2v) is 7.76. The van der Waals surface area contributed by atoms with Crippen LogP contribution in [0.3, 0.4) is 0 Å². The standard InChI is InChI=1S/C17H34N4O2/c1-6-7-10-19-14(18)20-13-17(5)8-11-21(12-9-17)15(22)23-16(2,3)4/h6-13H2,1-5H3,(H3,18,19,20). The van der Waals surface area contributed by atoms with E-state index in [-0.39, 0.29) is 11.5 Å². The summed E-state index contributed by atoms with van der Waals surface area (Å²) < 4.78 is 5.43. The van der Waals surface area contributed by atoms with Gasteiger partial charge in [0.05, 0.1) is 0 Å². The summed E-state index contributed by atoms with van der Waals surface area (Å²) in [7, 11) is 0. The summed E-state index contributed by atoms with van der Waals surface area (Å²) >= 11 is 0. The van der Waals surface area contributed by atoms with Crippen molar-refractivity contribution in [3.05, 3.63) is 0 Å². The van der Waals surface area contributed by atoms with Crippen LogP contribution in [0.5, 0.6) is 0 Å². The van der Waals surface area contributed by atoms with Crippen molar-refractivity contribution in [1.29, 1.82) is 0 Å². The Hall–Kier alpha value is -1.46. The molecule has 0 radical (unpaired) electrons. The summed E-state index contributed by atoms with van der Waals surface area (Å²) in [6, 6.07) is 0. The van der Waals surface area contributed by atoms with Gasteiger partial charge in [-0.3, -0.25) is 4.99 Å². The van der Waals surface area contributed by atoms with Crippen LogP contribution in [-0.2, 0) is 4.74 Å². The summed E-state index contributed by atoms with van der Waals surface area (Å²) in [5, 5.41) is 3.14. The molecule has 1 heterocycles. The van der Waals surface area contributed by atoms with Gasteiger partial charge in [0.25, 0.3) is 0 Å². The molecule has 1 saturated heterocycles. The number of piperidine rings is 1. The Morgan fingerprint density at radius 1 is 1.35 bits per heavy atom. The molecule has 1 aliphatic heterocycles. The lowest BCUT2D eigenvalue weighted by molar-refractivity contribution is 0.0127. The SMILES string of the molecule is CCCCNC(N)=NCC1(C)CCN(C(=O)OC(C)(C)C)CC1. The van der Waals surface area contributed by atoms with Gasteiger partial charge in [-0.2, -0.15) is 0 Å². The van der Waals surface area contributed by atoms with Crippen LogP contribution in [0.2, 0.25) is 0 Å². The van der Waals surface area contributed by atoms with E-state index in [1.807, 2.05) is 20.8 Å². The third-order valence-electron chi connectivity index (χ3n) is 4.09. The van der Waals surface area contributed by atoms with Crippen molar-refractivity contribution >= 4 is 12.1 Å². The number of carbonyl (C=O) groups excluding carboxylic acids is 1. The maximum absolute atomic E-state index is 12.1. The number of hydrogen-bond acceptors (Lipinski definition) is 3. The molecule has 1 fully saturated rings. The molecule has 0 aromatic rings. The third kappa shape index (κ3) is 7.57. The highest BCUT2D eigenvalue weighted by Gasteiger charge is 2.33. The minimum atomic E-state index is -0.444. The first-order valence-electron chi connectivity index (χ1n) is 8.67. The van der Waals surface area contributed by atoms with Gasteiger partial charge < -0.3 is 20.7 Å². The molecule has 0 aliphatic carbocycles. The predicted molar refractivity (Wildman–Crippen MR) is 94.5 cm³/mol. The fourth-order valence-corrected chi connectivity index (χ4v) is 2.44. The monoisotopic (exact) mass is 326 g/mol. The molecule has 3 N–H and O–H groups in total. The van der Waals surface area contributed by atoms with Crippen molar-refractivity contribution in [3.63, 3.8) is 0 Å². The number of carbonyl (C=O) groups is 1. The van der Waals surface area contributed by atoms with Gasteiger partial charge in [-0.15, -0.1) is 0 Å². The second kappa shape index (κ2) is 8.41. The van der Waals surface area contributed by atoms with Gasteiger partial charge in [0.15, 0.2) is 5.96 Å². The number of ether oxygens (including phenoxy) is 1. The van der Waals surface area contributed by atoms with Crippen LogP contribution in [0.4, 0.5) is 4.79 Å². The molecule has 6 heteroatoms. The highest BCUT2D eigenvalue weighted by molar-refractivity contribution is 5.77. The quantitative estimate of drug-likeness (QED) is 0.462. The third-order valence-corrected chi connectivity index (χ3v) is 4.09. The van der Waals surface area contributed by atoms with E-state index < -0.39 is 5.60 Å². The lowest BCUT2D eigenvalue weighted by atomic mass is 9.80. The zero-order valence-corrected chi connectivity index (χ0v) is 15.4. The van der Waals surface area contributed by atoms with Crippen LogP contribution in [0, 0.1) is 5.41 Å². The molecule has 0 saturated carbocycles. The molecular formula is C17H34N4O2. The van der Waals surface area contributed by atoms with E-state index in [1.165, 1.54) is 0 Å². The number of nitrogens with two attached hydrogens (primary N) is 1. The fraction of sp³-hybridized carbons (Fsp3) is 0.882. The molecular weight excluding hydrogens is 292 g/mol. The van der Waals surface area contributed by atoms with Gasteiger partial charge in [0.2, 0.25) is 0 Å². The Bertz CT molecular complexity index is 407. The van der Waals surface area contributed by atoms with Crippen molar-refractivity contribution in [2.75, 3.05) is 26.2 Å². The number of guanidine groups is 1. The summed E-state index contributed by atoms with van der Waals surface area (Å²) in [4.78, 5) is 18.3. The van der Waals surface area contributed by atoms with Crippen LogP contribution < -0.4 is 11.1 Å². The molecule has 0 bridgehead atoms.